The summed E-state index contributed by atoms with van der Waals surface area (Å²) in [4.78, 5) is 11.4. The van der Waals surface area contributed by atoms with Gasteiger partial charge in [-0.15, -0.1) is 0 Å². The SMILES string of the molecule is CN[C@H]1CC[C@@H](c2ccc(Cl)c(Cl)c2)c2cc(CCC(N)=O)c(NS(C)(=O)=O)cc21. The van der Waals surface area contributed by atoms with Crippen LogP contribution in [0, 0.1) is 0 Å². The van der Waals surface area contributed by atoms with Crippen LogP contribution in [0.1, 0.15) is 53.5 Å². The Labute approximate surface area is 187 Å². The number of carbonyl (C=O) groups excluding carboxylic acids is 1. The summed E-state index contributed by atoms with van der Waals surface area (Å²) in [7, 11) is -1.60. The summed E-state index contributed by atoms with van der Waals surface area (Å²) in [5.41, 5.74) is 9.70. The standard InChI is InChI=1S/C21H25Cl2N3O3S/c1-25-19-7-5-14(12-3-6-17(22)18(23)10-12)15-9-13(4-8-21(24)27)20(11-16(15)19)26-30(2,28)29/h3,6,9-11,14,19,25-26H,4-5,7-8H2,1-2H3,(H2,24,27)/t14-,19-/m0/s1. The van der Waals surface area contributed by atoms with Gasteiger partial charge in [0.15, 0.2) is 0 Å². The number of amides is 1. The molecule has 1 aliphatic rings. The van der Waals surface area contributed by atoms with Crippen molar-refractivity contribution in [3.8, 4) is 0 Å². The Morgan fingerprint density at radius 1 is 1.13 bits per heavy atom. The minimum absolute atomic E-state index is 0.0824. The van der Waals surface area contributed by atoms with Gasteiger partial charge in [-0.2, -0.15) is 0 Å². The third-order valence-electron chi connectivity index (χ3n) is 5.43. The quantitative estimate of drug-likeness (QED) is 0.570. The molecule has 6 nitrogen and oxygen atoms in total. The van der Waals surface area contributed by atoms with E-state index in [0.717, 1.165) is 41.4 Å². The zero-order valence-electron chi connectivity index (χ0n) is 16.8. The lowest BCUT2D eigenvalue weighted by Crippen LogP contribution is -2.25. The summed E-state index contributed by atoms with van der Waals surface area (Å²) in [5, 5.41) is 4.31. The van der Waals surface area contributed by atoms with Crippen molar-refractivity contribution in [2.45, 2.75) is 37.6 Å². The molecule has 3 rings (SSSR count). The maximum absolute atomic E-state index is 11.9. The number of hydrogen-bond acceptors (Lipinski definition) is 4. The summed E-state index contributed by atoms with van der Waals surface area (Å²) in [5.74, 6) is -0.355. The van der Waals surface area contributed by atoms with E-state index < -0.39 is 15.9 Å². The summed E-state index contributed by atoms with van der Waals surface area (Å²) in [6, 6.07) is 9.58. The summed E-state index contributed by atoms with van der Waals surface area (Å²) < 4.78 is 26.4. The van der Waals surface area contributed by atoms with Gasteiger partial charge in [-0.1, -0.05) is 35.3 Å². The molecule has 0 fully saturated rings. The van der Waals surface area contributed by atoms with E-state index in [4.69, 9.17) is 28.9 Å². The third-order valence-corrected chi connectivity index (χ3v) is 6.76. The van der Waals surface area contributed by atoms with Crippen molar-refractivity contribution in [3.05, 3.63) is 62.6 Å². The van der Waals surface area contributed by atoms with Gasteiger partial charge in [0.2, 0.25) is 15.9 Å². The monoisotopic (exact) mass is 469 g/mol. The second kappa shape index (κ2) is 9.14. The zero-order chi connectivity index (χ0) is 22.1. The third kappa shape index (κ3) is 5.27. The average molecular weight is 470 g/mol. The minimum Gasteiger partial charge on any atom is -0.370 e. The van der Waals surface area contributed by atoms with Crippen LogP contribution in [0.3, 0.4) is 0 Å². The Morgan fingerprint density at radius 2 is 1.87 bits per heavy atom. The van der Waals surface area contributed by atoms with Gasteiger partial charge in [0.1, 0.15) is 0 Å². The number of nitrogens with one attached hydrogen (secondary N) is 2. The van der Waals surface area contributed by atoms with Gasteiger partial charge in [0, 0.05) is 18.4 Å². The smallest absolute Gasteiger partial charge is 0.229 e. The number of fused-ring (bicyclic) bond motifs is 1. The number of primary amides is 1. The average Bonchev–Trinajstić information content (AvgIpc) is 2.66. The van der Waals surface area contributed by atoms with Crippen molar-refractivity contribution in [3.63, 3.8) is 0 Å². The van der Waals surface area contributed by atoms with E-state index in [2.05, 4.69) is 10.0 Å². The fourth-order valence-electron chi connectivity index (χ4n) is 4.06. The molecule has 2 aromatic carbocycles. The largest absolute Gasteiger partial charge is 0.370 e. The Hall–Kier alpha value is -1.80. The van der Waals surface area contributed by atoms with Gasteiger partial charge >= 0.3 is 0 Å². The lowest BCUT2D eigenvalue weighted by molar-refractivity contribution is -0.117. The van der Waals surface area contributed by atoms with Gasteiger partial charge in [-0.25, -0.2) is 8.42 Å². The predicted molar refractivity (Wildman–Crippen MR) is 122 cm³/mol. The number of carbonyl (C=O) groups is 1. The van der Waals surface area contributed by atoms with E-state index in [1.54, 1.807) is 6.07 Å². The zero-order valence-corrected chi connectivity index (χ0v) is 19.2. The van der Waals surface area contributed by atoms with E-state index in [1.807, 2.05) is 31.3 Å². The van der Waals surface area contributed by atoms with Crippen LogP contribution in [0.15, 0.2) is 30.3 Å². The van der Waals surface area contributed by atoms with Crippen molar-refractivity contribution in [1.29, 1.82) is 0 Å². The Balaban J connectivity index is 2.15. The van der Waals surface area contributed by atoms with Crippen LogP contribution in [-0.2, 0) is 21.2 Å². The molecule has 162 valence electrons. The normalized spacial score (nSPS) is 18.7. The van der Waals surface area contributed by atoms with Crippen LogP contribution in [0.2, 0.25) is 10.0 Å². The van der Waals surface area contributed by atoms with Gasteiger partial charge in [0.05, 0.1) is 22.0 Å². The Morgan fingerprint density at radius 3 is 2.47 bits per heavy atom. The van der Waals surface area contributed by atoms with E-state index in [0.29, 0.717) is 22.2 Å². The number of hydrogen-bond donors (Lipinski definition) is 3. The maximum Gasteiger partial charge on any atom is 0.229 e. The number of benzene rings is 2. The van der Waals surface area contributed by atoms with Crippen molar-refractivity contribution in [2.75, 3.05) is 18.0 Å². The topological polar surface area (TPSA) is 101 Å². The second-order valence-electron chi connectivity index (χ2n) is 7.62. The molecule has 1 amide bonds. The minimum atomic E-state index is -3.48. The first kappa shape index (κ1) is 22.9. The molecule has 30 heavy (non-hydrogen) atoms. The number of anilines is 1. The van der Waals surface area contributed by atoms with Crippen LogP contribution in [0.25, 0.3) is 0 Å². The highest BCUT2D eigenvalue weighted by Crippen LogP contribution is 2.44. The molecule has 0 unspecified atom stereocenters. The first-order chi connectivity index (χ1) is 14.1. The molecule has 0 spiro atoms. The fourth-order valence-corrected chi connectivity index (χ4v) is 4.96. The van der Waals surface area contributed by atoms with Crippen molar-refractivity contribution in [2.24, 2.45) is 5.73 Å². The van der Waals surface area contributed by atoms with Gasteiger partial charge in [0.25, 0.3) is 0 Å². The van der Waals surface area contributed by atoms with Crippen LogP contribution >= 0.6 is 23.2 Å². The Bertz CT molecular complexity index is 1070. The number of sulfonamides is 1. The van der Waals surface area contributed by atoms with Crippen LogP contribution < -0.4 is 15.8 Å². The highest BCUT2D eigenvalue weighted by Gasteiger charge is 2.29. The highest BCUT2D eigenvalue weighted by molar-refractivity contribution is 7.92. The summed E-state index contributed by atoms with van der Waals surface area (Å²) in [6.45, 7) is 0. The number of halogens is 2. The van der Waals surface area contributed by atoms with E-state index in [9.17, 15) is 13.2 Å². The molecule has 0 aliphatic heterocycles. The molecule has 9 heteroatoms. The molecule has 1 aliphatic carbocycles. The van der Waals surface area contributed by atoms with E-state index >= 15 is 0 Å². The van der Waals surface area contributed by atoms with Gasteiger partial charge in [-0.05, 0) is 66.8 Å². The van der Waals surface area contributed by atoms with E-state index in [-0.39, 0.29) is 18.4 Å². The van der Waals surface area contributed by atoms with Crippen LogP contribution in [-0.4, -0.2) is 27.6 Å². The molecule has 0 saturated heterocycles. The summed E-state index contributed by atoms with van der Waals surface area (Å²) in [6.07, 6.45) is 3.36. The number of aryl methyl sites for hydroxylation is 1. The molecule has 2 aromatic rings. The molecule has 4 N–H and O–H groups in total. The first-order valence-electron chi connectivity index (χ1n) is 9.64. The Kier molecular flexibility index (Phi) is 6.97. The van der Waals surface area contributed by atoms with Crippen molar-refractivity contribution in [1.82, 2.24) is 5.32 Å². The molecule has 0 saturated carbocycles. The van der Waals surface area contributed by atoms with Gasteiger partial charge < -0.3 is 11.1 Å². The maximum atomic E-state index is 11.9. The molecule has 0 aromatic heterocycles. The molecular formula is C21H25Cl2N3O3S. The molecule has 0 bridgehead atoms. The number of rotatable bonds is 7. The highest BCUT2D eigenvalue weighted by atomic mass is 35.5. The number of nitrogens with two attached hydrogens (primary N) is 1. The lowest BCUT2D eigenvalue weighted by atomic mass is 9.75. The van der Waals surface area contributed by atoms with Crippen molar-refractivity contribution < 1.29 is 13.2 Å². The second-order valence-corrected chi connectivity index (χ2v) is 10.2. The van der Waals surface area contributed by atoms with Crippen LogP contribution in [0.4, 0.5) is 5.69 Å². The van der Waals surface area contributed by atoms with Crippen LogP contribution in [0.5, 0.6) is 0 Å². The van der Waals surface area contributed by atoms with Crippen molar-refractivity contribution >= 4 is 44.8 Å². The predicted octanol–water partition coefficient (Wildman–Crippen LogP) is 3.97. The lowest BCUT2D eigenvalue weighted by Gasteiger charge is -2.33. The molecular weight excluding hydrogens is 445 g/mol. The summed E-state index contributed by atoms with van der Waals surface area (Å²) >= 11 is 12.4. The molecule has 0 radical (unpaired) electrons. The van der Waals surface area contributed by atoms with Gasteiger partial charge in [-0.3, -0.25) is 9.52 Å². The van der Waals surface area contributed by atoms with E-state index in [1.165, 1.54) is 0 Å². The fraction of sp³-hybridized carbons (Fsp3) is 0.381. The first-order valence-corrected chi connectivity index (χ1v) is 12.3. The molecule has 0 heterocycles. The molecule has 2 atom stereocenters.